The van der Waals surface area contributed by atoms with Crippen LogP contribution in [0.25, 0.3) is 11.1 Å². The molecule has 118 valence electrons. The van der Waals surface area contributed by atoms with E-state index >= 15 is 0 Å². The summed E-state index contributed by atoms with van der Waals surface area (Å²) in [6.45, 7) is 3.58. The molecular formula is C18H16FNO2S. The Bertz CT molecular complexity index is 957. The van der Waals surface area contributed by atoms with Crippen molar-refractivity contribution in [1.29, 1.82) is 0 Å². The minimum Gasteiger partial charge on any atom is -0.351 e. The highest BCUT2D eigenvalue weighted by Crippen LogP contribution is 2.32. The summed E-state index contributed by atoms with van der Waals surface area (Å²) in [7, 11) is -3.66. The Hall–Kier alpha value is -2.40. The van der Waals surface area contributed by atoms with Crippen molar-refractivity contribution in [2.24, 2.45) is 0 Å². The highest BCUT2D eigenvalue weighted by molar-refractivity contribution is 7.91. The molecule has 3 nitrogen and oxygen atoms in total. The zero-order valence-electron chi connectivity index (χ0n) is 12.8. The zero-order valence-corrected chi connectivity index (χ0v) is 13.6. The van der Waals surface area contributed by atoms with Crippen LogP contribution in [0.4, 0.5) is 4.39 Å². The topological polar surface area (TPSA) is 49.9 Å². The van der Waals surface area contributed by atoms with Crippen LogP contribution in [0.5, 0.6) is 0 Å². The molecule has 2 aromatic carbocycles. The zero-order chi connectivity index (χ0) is 16.6. The third kappa shape index (κ3) is 2.68. The molecule has 1 aromatic heterocycles. The van der Waals surface area contributed by atoms with E-state index in [-0.39, 0.29) is 15.7 Å². The number of halogens is 1. The van der Waals surface area contributed by atoms with Crippen molar-refractivity contribution in [3.8, 4) is 11.1 Å². The van der Waals surface area contributed by atoms with Crippen LogP contribution in [0.1, 0.15) is 11.1 Å². The van der Waals surface area contributed by atoms with Crippen LogP contribution in [0.15, 0.2) is 64.6 Å². The van der Waals surface area contributed by atoms with Crippen molar-refractivity contribution in [2.45, 2.75) is 23.8 Å². The Morgan fingerprint density at radius 2 is 1.57 bits per heavy atom. The molecule has 3 aromatic rings. The van der Waals surface area contributed by atoms with Crippen molar-refractivity contribution in [2.75, 3.05) is 0 Å². The maximum absolute atomic E-state index is 14.0. The predicted molar refractivity (Wildman–Crippen MR) is 87.6 cm³/mol. The molecule has 23 heavy (non-hydrogen) atoms. The molecule has 0 atom stereocenters. The van der Waals surface area contributed by atoms with Gasteiger partial charge in [-0.3, -0.25) is 0 Å². The second-order valence-electron chi connectivity index (χ2n) is 5.45. The molecule has 0 fully saturated rings. The van der Waals surface area contributed by atoms with Crippen molar-refractivity contribution >= 4 is 9.84 Å². The van der Waals surface area contributed by atoms with Gasteiger partial charge in [0.1, 0.15) is 10.8 Å². The Labute approximate surface area is 134 Å². The maximum atomic E-state index is 14.0. The first-order valence-electron chi connectivity index (χ1n) is 7.16. The molecular weight excluding hydrogens is 313 g/mol. The molecule has 3 rings (SSSR count). The van der Waals surface area contributed by atoms with E-state index in [0.717, 1.165) is 5.56 Å². The Morgan fingerprint density at radius 1 is 0.913 bits per heavy atom. The number of H-pyrrole nitrogens is 1. The monoisotopic (exact) mass is 329 g/mol. The molecule has 0 saturated carbocycles. The second kappa shape index (κ2) is 5.66. The van der Waals surface area contributed by atoms with Crippen LogP contribution in [0.3, 0.4) is 0 Å². The van der Waals surface area contributed by atoms with Gasteiger partial charge in [0.25, 0.3) is 0 Å². The SMILES string of the molecule is Cc1ccc(S(=O)(=O)c2[nH]cc(-c3ccccc3F)c2C)cc1. The number of aromatic nitrogens is 1. The first-order chi connectivity index (χ1) is 10.9. The lowest BCUT2D eigenvalue weighted by Gasteiger charge is -2.06. The summed E-state index contributed by atoms with van der Waals surface area (Å²) < 4.78 is 39.5. The summed E-state index contributed by atoms with van der Waals surface area (Å²) in [5.41, 5.74) is 2.43. The summed E-state index contributed by atoms with van der Waals surface area (Å²) in [6.07, 6.45) is 1.54. The van der Waals surface area contributed by atoms with Crippen molar-refractivity contribution in [3.05, 3.63) is 71.7 Å². The summed E-state index contributed by atoms with van der Waals surface area (Å²) >= 11 is 0. The maximum Gasteiger partial charge on any atom is 0.222 e. The van der Waals surface area contributed by atoms with E-state index in [9.17, 15) is 12.8 Å². The highest BCUT2D eigenvalue weighted by Gasteiger charge is 2.24. The fourth-order valence-corrected chi connectivity index (χ4v) is 4.01. The number of benzene rings is 2. The van der Waals surface area contributed by atoms with Gasteiger partial charge in [-0.1, -0.05) is 35.9 Å². The summed E-state index contributed by atoms with van der Waals surface area (Å²) in [5.74, 6) is -0.381. The molecule has 0 unspecified atom stereocenters. The Kier molecular flexibility index (Phi) is 3.82. The molecule has 0 aliphatic heterocycles. The molecule has 5 heteroatoms. The van der Waals surface area contributed by atoms with E-state index in [2.05, 4.69) is 4.98 Å². The van der Waals surface area contributed by atoms with Gasteiger partial charge in [-0.15, -0.1) is 0 Å². The van der Waals surface area contributed by atoms with Gasteiger partial charge in [-0.2, -0.15) is 0 Å². The lowest BCUT2D eigenvalue weighted by Crippen LogP contribution is -2.04. The largest absolute Gasteiger partial charge is 0.351 e. The van der Waals surface area contributed by atoms with Gasteiger partial charge in [0.05, 0.1) is 4.90 Å². The number of rotatable bonds is 3. The summed E-state index contributed by atoms with van der Waals surface area (Å²) in [6, 6.07) is 13.0. The summed E-state index contributed by atoms with van der Waals surface area (Å²) in [4.78, 5) is 3.01. The first-order valence-corrected chi connectivity index (χ1v) is 8.64. The van der Waals surface area contributed by atoms with Crippen LogP contribution < -0.4 is 0 Å². The van der Waals surface area contributed by atoms with E-state index in [0.29, 0.717) is 16.7 Å². The lowest BCUT2D eigenvalue weighted by atomic mass is 10.1. The number of hydrogen-bond acceptors (Lipinski definition) is 2. The standard InChI is InChI=1S/C18H16FNO2S/c1-12-7-9-14(10-8-12)23(21,22)18-13(2)16(11-20-18)15-5-3-4-6-17(15)19/h3-11,20H,1-2H3. The third-order valence-corrected chi connectivity index (χ3v) is 5.71. The minimum absolute atomic E-state index is 0.0969. The smallest absolute Gasteiger partial charge is 0.222 e. The van der Waals surface area contributed by atoms with Crippen LogP contribution in [-0.2, 0) is 9.84 Å². The van der Waals surface area contributed by atoms with Crippen molar-refractivity contribution < 1.29 is 12.8 Å². The van der Waals surface area contributed by atoms with E-state index < -0.39 is 9.84 Å². The Morgan fingerprint density at radius 3 is 2.22 bits per heavy atom. The van der Waals surface area contributed by atoms with Gasteiger partial charge in [0.2, 0.25) is 9.84 Å². The number of hydrogen-bond donors (Lipinski definition) is 1. The number of nitrogens with one attached hydrogen (secondary N) is 1. The van der Waals surface area contributed by atoms with E-state index in [1.807, 2.05) is 6.92 Å². The quantitative estimate of drug-likeness (QED) is 0.780. The molecule has 0 aliphatic carbocycles. The van der Waals surface area contributed by atoms with E-state index in [1.54, 1.807) is 49.4 Å². The molecule has 0 aliphatic rings. The molecule has 0 amide bonds. The van der Waals surface area contributed by atoms with Crippen molar-refractivity contribution in [1.82, 2.24) is 4.98 Å². The normalized spacial score (nSPS) is 11.6. The van der Waals surface area contributed by atoms with Crippen LogP contribution >= 0.6 is 0 Å². The third-order valence-electron chi connectivity index (χ3n) is 3.86. The molecule has 0 radical (unpaired) electrons. The predicted octanol–water partition coefficient (Wildman–Crippen LogP) is 4.27. The molecule has 1 N–H and O–H groups in total. The van der Waals surface area contributed by atoms with Gasteiger partial charge in [-0.05, 0) is 37.6 Å². The molecule has 0 saturated heterocycles. The van der Waals surface area contributed by atoms with Crippen LogP contribution in [0.2, 0.25) is 0 Å². The van der Waals surface area contributed by atoms with Crippen molar-refractivity contribution in [3.63, 3.8) is 0 Å². The van der Waals surface area contributed by atoms with Gasteiger partial charge in [0.15, 0.2) is 0 Å². The number of aryl methyl sites for hydroxylation is 1. The average Bonchev–Trinajstić information content (AvgIpc) is 2.90. The van der Waals surface area contributed by atoms with Gasteiger partial charge >= 0.3 is 0 Å². The highest BCUT2D eigenvalue weighted by atomic mass is 32.2. The molecule has 0 spiro atoms. The molecule has 0 bridgehead atoms. The number of sulfone groups is 1. The fraction of sp³-hybridized carbons (Fsp3) is 0.111. The molecule has 1 heterocycles. The fourth-order valence-electron chi connectivity index (χ4n) is 2.55. The van der Waals surface area contributed by atoms with Crippen LogP contribution in [-0.4, -0.2) is 13.4 Å². The van der Waals surface area contributed by atoms with E-state index in [1.165, 1.54) is 12.3 Å². The minimum atomic E-state index is -3.66. The average molecular weight is 329 g/mol. The summed E-state index contributed by atoms with van der Waals surface area (Å²) in [5, 5.41) is 0.0969. The lowest BCUT2D eigenvalue weighted by molar-refractivity contribution is 0.592. The number of aromatic amines is 1. The Balaban J connectivity index is 2.12. The van der Waals surface area contributed by atoms with E-state index in [4.69, 9.17) is 0 Å². The van der Waals surface area contributed by atoms with Crippen LogP contribution in [0, 0.1) is 19.7 Å². The van der Waals surface area contributed by atoms with Gasteiger partial charge in [0, 0.05) is 17.3 Å². The van der Waals surface area contributed by atoms with Gasteiger partial charge in [-0.25, -0.2) is 12.8 Å². The van der Waals surface area contributed by atoms with Gasteiger partial charge < -0.3 is 4.98 Å². The second-order valence-corrected chi connectivity index (χ2v) is 7.34. The first kappa shape index (κ1) is 15.5.